The first kappa shape index (κ1) is 18.7. The molecule has 1 fully saturated rings. The maximum absolute atomic E-state index is 12.5. The molecule has 0 aliphatic carbocycles. The first-order chi connectivity index (χ1) is 13.0. The number of anilines is 1. The van der Waals surface area contributed by atoms with Gasteiger partial charge in [-0.05, 0) is 54.6 Å². The average molecular weight is 382 g/mol. The van der Waals surface area contributed by atoms with Crippen LogP contribution in [0, 0.1) is 6.92 Å². The summed E-state index contributed by atoms with van der Waals surface area (Å²) in [6.07, 6.45) is 1.62. The van der Waals surface area contributed by atoms with Gasteiger partial charge in [-0.3, -0.25) is 19.3 Å². The van der Waals surface area contributed by atoms with E-state index in [2.05, 4.69) is 5.32 Å². The quantitative estimate of drug-likeness (QED) is 0.799. The van der Waals surface area contributed by atoms with E-state index in [0.717, 1.165) is 27.8 Å². The number of aryl methyl sites for hydroxylation is 1. The van der Waals surface area contributed by atoms with Crippen LogP contribution in [0.2, 0.25) is 0 Å². The molecule has 0 aromatic heterocycles. The van der Waals surface area contributed by atoms with Gasteiger partial charge in [0.15, 0.2) is 0 Å². The molecule has 7 heteroatoms. The Morgan fingerprint density at radius 3 is 2.63 bits per heavy atom. The standard InChI is InChI=1S/C20H18N2O4S/c1-13-6-8-15(9-7-13)21-18(23)12-22-19(24)17(27-20(22)25)11-14-4-3-5-16(10-14)26-2/h3-11H,12H2,1-2H3,(H,21,23)/b17-11+. The minimum Gasteiger partial charge on any atom is -0.497 e. The van der Waals surface area contributed by atoms with Gasteiger partial charge >= 0.3 is 0 Å². The molecule has 2 aromatic carbocycles. The Balaban J connectivity index is 1.69. The minimum absolute atomic E-state index is 0.274. The molecular formula is C20H18N2O4S. The smallest absolute Gasteiger partial charge is 0.294 e. The van der Waals surface area contributed by atoms with E-state index in [1.54, 1.807) is 49.6 Å². The van der Waals surface area contributed by atoms with E-state index in [9.17, 15) is 14.4 Å². The van der Waals surface area contributed by atoms with Gasteiger partial charge in [0.05, 0.1) is 12.0 Å². The monoisotopic (exact) mass is 382 g/mol. The lowest BCUT2D eigenvalue weighted by atomic mass is 10.2. The Morgan fingerprint density at radius 1 is 1.19 bits per heavy atom. The summed E-state index contributed by atoms with van der Waals surface area (Å²) in [6, 6.07) is 14.4. The molecule has 1 heterocycles. The summed E-state index contributed by atoms with van der Waals surface area (Å²) in [5, 5.41) is 2.22. The molecule has 0 spiro atoms. The zero-order valence-corrected chi connectivity index (χ0v) is 15.7. The number of carbonyl (C=O) groups excluding carboxylic acids is 3. The summed E-state index contributed by atoms with van der Waals surface area (Å²) in [7, 11) is 1.56. The van der Waals surface area contributed by atoms with Crippen molar-refractivity contribution in [1.82, 2.24) is 4.90 Å². The second kappa shape index (κ2) is 8.09. The first-order valence-electron chi connectivity index (χ1n) is 8.22. The molecule has 0 saturated carbocycles. The number of hydrogen-bond donors (Lipinski definition) is 1. The Kier molecular flexibility index (Phi) is 5.61. The Labute approximate surface area is 161 Å². The fourth-order valence-electron chi connectivity index (χ4n) is 2.50. The molecule has 0 atom stereocenters. The summed E-state index contributed by atoms with van der Waals surface area (Å²) in [4.78, 5) is 38.1. The summed E-state index contributed by atoms with van der Waals surface area (Å²) >= 11 is 0.818. The number of ether oxygens (including phenoxy) is 1. The Morgan fingerprint density at radius 2 is 1.93 bits per heavy atom. The van der Waals surface area contributed by atoms with Crippen molar-refractivity contribution in [3.8, 4) is 5.75 Å². The SMILES string of the molecule is COc1cccc(/C=C2/SC(=O)N(CC(=O)Nc3ccc(C)cc3)C2=O)c1. The summed E-state index contributed by atoms with van der Waals surface area (Å²) in [5.41, 5.74) is 2.43. The molecule has 3 rings (SSSR count). The van der Waals surface area contributed by atoms with E-state index in [-0.39, 0.29) is 11.4 Å². The molecule has 27 heavy (non-hydrogen) atoms. The summed E-state index contributed by atoms with van der Waals surface area (Å²) < 4.78 is 5.15. The third-order valence-corrected chi connectivity index (χ3v) is 4.81. The number of carbonyl (C=O) groups is 3. The van der Waals surface area contributed by atoms with Gasteiger partial charge in [0.2, 0.25) is 5.91 Å². The number of hydrogen-bond acceptors (Lipinski definition) is 5. The third-order valence-electron chi connectivity index (χ3n) is 3.90. The van der Waals surface area contributed by atoms with Crippen LogP contribution in [-0.2, 0) is 9.59 Å². The highest BCUT2D eigenvalue weighted by atomic mass is 32.2. The van der Waals surface area contributed by atoms with Crippen LogP contribution < -0.4 is 10.1 Å². The predicted octanol–water partition coefficient (Wildman–Crippen LogP) is 3.68. The second-order valence-corrected chi connectivity index (χ2v) is 6.95. The molecule has 0 bridgehead atoms. The number of benzene rings is 2. The van der Waals surface area contributed by atoms with Crippen molar-refractivity contribution in [2.45, 2.75) is 6.92 Å². The van der Waals surface area contributed by atoms with Crippen LogP contribution in [0.1, 0.15) is 11.1 Å². The zero-order chi connectivity index (χ0) is 19.4. The molecule has 1 saturated heterocycles. The second-order valence-electron chi connectivity index (χ2n) is 5.96. The fraction of sp³-hybridized carbons (Fsp3) is 0.150. The van der Waals surface area contributed by atoms with Crippen LogP contribution in [0.4, 0.5) is 10.5 Å². The van der Waals surface area contributed by atoms with Gasteiger partial charge in [0.1, 0.15) is 12.3 Å². The highest BCUT2D eigenvalue weighted by molar-refractivity contribution is 8.18. The molecule has 138 valence electrons. The Bertz CT molecular complexity index is 922. The van der Waals surface area contributed by atoms with Crippen molar-refractivity contribution in [1.29, 1.82) is 0 Å². The topological polar surface area (TPSA) is 75.7 Å². The third kappa shape index (κ3) is 4.57. The van der Waals surface area contributed by atoms with Gasteiger partial charge in [-0.15, -0.1) is 0 Å². The Hall–Kier alpha value is -3.06. The molecule has 1 aliphatic rings. The lowest BCUT2D eigenvalue weighted by Gasteiger charge is -2.12. The number of nitrogens with one attached hydrogen (secondary N) is 1. The van der Waals surface area contributed by atoms with E-state index in [1.807, 2.05) is 19.1 Å². The van der Waals surface area contributed by atoms with Gasteiger partial charge in [0, 0.05) is 5.69 Å². The molecular weight excluding hydrogens is 364 g/mol. The maximum Gasteiger partial charge on any atom is 0.294 e. The molecule has 1 aliphatic heterocycles. The number of imide groups is 1. The number of methoxy groups -OCH3 is 1. The van der Waals surface area contributed by atoms with E-state index >= 15 is 0 Å². The predicted molar refractivity (Wildman–Crippen MR) is 105 cm³/mol. The summed E-state index contributed by atoms with van der Waals surface area (Å²) in [6.45, 7) is 1.62. The molecule has 2 aromatic rings. The molecule has 1 N–H and O–H groups in total. The highest BCUT2D eigenvalue weighted by Crippen LogP contribution is 2.32. The number of rotatable bonds is 5. The van der Waals surface area contributed by atoms with Crippen LogP contribution in [0.3, 0.4) is 0 Å². The molecule has 0 unspecified atom stereocenters. The van der Waals surface area contributed by atoms with Crippen molar-refractivity contribution in [3.63, 3.8) is 0 Å². The van der Waals surface area contributed by atoms with Crippen molar-refractivity contribution >= 4 is 40.6 Å². The van der Waals surface area contributed by atoms with E-state index in [4.69, 9.17) is 4.74 Å². The van der Waals surface area contributed by atoms with E-state index < -0.39 is 17.1 Å². The van der Waals surface area contributed by atoms with Crippen molar-refractivity contribution in [3.05, 3.63) is 64.6 Å². The minimum atomic E-state index is -0.480. The molecule has 6 nitrogen and oxygen atoms in total. The normalized spacial score (nSPS) is 15.3. The van der Waals surface area contributed by atoms with Crippen LogP contribution in [0.5, 0.6) is 5.75 Å². The van der Waals surface area contributed by atoms with Crippen molar-refractivity contribution in [2.24, 2.45) is 0 Å². The van der Waals surface area contributed by atoms with Crippen molar-refractivity contribution < 1.29 is 19.1 Å². The van der Waals surface area contributed by atoms with E-state index in [1.165, 1.54) is 0 Å². The lowest BCUT2D eigenvalue weighted by Crippen LogP contribution is -2.36. The maximum atomic E-state index is 12.5. The van der Waals surface area contributed by atoms with Gasteiger partial charge in [-0.25, -0.2) is 0 Å². The van der Waals surface area contributed by atoms with Crippen LogP contribution in [-0.4, -0.2) is 35.6 Å². The van der Waals surface area contributed by atoms with Crippen LogP contribution in [0.15, 0.2) is 53.4 Å². The number of thioether (sulfide) groups is 1. The molecule has 0 radical (unpaired) electrons. The average Bonchev–Trinajstić information content (AvgIpc) is 2.91. The van der Waals surface area contributed by atoms with Gasteiger partial charge in [-0.1, -0.05) is 29.8 Å². The molecule has 3 amide bonds. The van der Waals surface area contributed by atoms with E-state index in [0.29, 0.717) is 11.4 Å². The number of nitrogens with zero attached hydrogens (tertiary/aromatic N) is 1. The van der Waals surface area contributed by atoms with Gasteiger partial charge in [-0.2, -0.15) is 0 Å². The first-order valence-corrected chi connectivity index (χ1v) is 9.04. The van der Waals surface area contributed by atoms with Crippen LogP contribution >= 0.6 is 11.8 Å². The van der Waals surface area contributed by atoms with Crippen LogP contribution in [0.25, 0.3) is 6.08 Å². The largest absolute Gasteiger partial charge is 0.497 e. The highest BCUT2D eigenvalue weighted by Gasteiger charge is 2.36. The van der Waals surface area contributed by atoms with Gasteiger partial charge < -0.3 is 10.1 Å². The fourth-order valence-corrected chi connectivity index (χ4v) is 3.34. The van der Waals surface area contributed by atoms with Gasteiger partial charge in [0.25, 0.3) is 11.1 Å². The summed E-state index contributed by atoms with van der Waals surface area (Å²) in [5.74, 6) is -0.254. The number of amides is 3. The van der Waals surface area contributed by atoms with Crippen molar-refractivity contribution in [2.75, 3.05) is 19.0 Å². The zero-order valence-electron chi connectivity index (χ0n) is 14.9. The lowest BCUT2D eigenvalue weighted by molar-refractivity contribution is -0.127.